The zero-order valence-corrected chi connectivity index (χ0v) is 14.0. The molecule has 1 aliphatic rings. The number of carbonyl (C=O) groups excluding carboxylic acids is 1. The summed E-state index contributed by atoms with van der Waals surface area (Å²) in [5, 5.41) is 6.65. The molecular formula is C18H23N3O3. The van der Waals surface area contributed by atoms with Gasteiger partial charge in [-0.25, -0.2) is 0 Å². The number of aromatic nitrogens is 2. The third kappa shape index (κ3) is 4.57. The molecule has 3 rings (SSSR count). The van der Waals surface area contributed by atoms with Gasteiger partial charge in [-0.15, -0.1) is 0 Å². The van der Waals surface area contributed by atoms with Gasteiger partial charge in [0.05, 0.1) is 6.10 Å². The molecule has 1 fully saturated rings. The van der Waals surface area contributed by atoms with Crippen molar-refractivity contribution in [3.05, 3.63) is 41.5 Å². The van der Waals surface area contributed by atoms with Gasteiger partial charge in [0.1, 0.15) is 5.75 Å². The minimum atomic E-state index is -0.0403. The van der Waals surface area contributed by atoms with Crippen LogP contribution in [0.2, 0.25) is 0 Å². The number of amides is 1. The lowest BCUT2D eigenvalue weighted by molar-refractivity contribution is -0.121. The van der Waals surface area contributed by atoms with Crippen LogP contribution in [-0.4, -0.2) is 22.2 Å². The van der Waals surface area contributed by atoms with E-state index in [0.717, 1.165) is 24.2 Å². The highest BCUT2D eigenvalue weighted by Crippen LogP contribution is 2.26. The van der Waals surface area contributed by atoms with Crippen molar-refractivity contribution in [1.29, 1.82) is 0 Å². The molecule has 1 saturated carbocycles. The van der Waals surface area contributed by atoms with E-state index in [4.69, 9.17) is 9.26 Å². The van der Waals surface area contributed by atoms with Crippen LogP contribution in [0.5, 0.6) is 5.75 Å². The molecule has 6 heteroatoms. The number of nitrogens with zero attached hydrogens (tertiary/aromatic N) is 2. The quantitative estimate of drug-likeness (QED) is 0.845. The SMILES string of the molecule is Cc1noc(CCC(=O)NCc2ccccc2OC2CCCC2)n1. The van der Waals surface area contributed by atoms with Crippen LogP contribution in [0.15, 0.2) is 28.8 Å². The van der Waals surface area contributed by atoms with Crippen LogP contribution in [0.3, 0.4) is 0 Å². The van der Waals surface area contributed by atoms with Gasteiger partial charge >= 0.3 is 0 Å². The van der Waals surface area contributed by atoms with Crippen LogP contribution in [0, 0.1) is 6.92 Å². The number of para-hydroxylation sites is 1. The number of aryl methyl sites for hydroxylation is 2. The maximum absolute atomic E-state index is 12.0. The highest BCUT2D eigenvalue weighted by Gasteiger charge is 2.18. The Morgan fingerprint density at radius 1 is 1.33 bits per heavy atom. The number of hydrogen-bond acceptors (Lipinski definition) is 5. The third-order valence-electron chi connectivity index (χ3n) is 4.18. The first-order valence-electron chi connectivity index (χ1n) is 8.51. The molecule has 1 aromatic heterocycles. The van der Waals surface area contributed by atoms with Gasteiger partial charge < -0.3 is 14.6 Å². The maximum atomic E-state index is 12.0. The van der Waals surface area contributed by atoms with E-state index in [9.17, 15) is 4.79 Å². The highest BCUT2D eigenvalue weighted by atomic mass is 16.5. The summed E-state index contributed by atoms with van der Waals surface area (Å²) < 4.78 is 11.1. The summed E-state index contributed by atoms with van der Waals surface area (Å²) in [6.07, 6.45) is 5.79. The van der Waals surface area contributed by atoms with E-state index in [1.165, 1.54) is 12.8 Å². The van der Waals surface area contributed by atoms with E-state index in [-0.39, 0.29) is 5.91 Å². The Hall–Kier alpha value is -2.37. The second-order valence-electron chi connectivity index (χ2n) is 6.14. The fraction of sp³-hybridized carbons (Fsp3) is 0.500. The van der Waals surface area contributed by atoms with Gasteiger partial charge in [0.2, 0.25) is 11.8 Å². The van der Waals surface area contributed by atoms with Gasteiger partial charge in [-0.3, -0.25) is 4.79 Å². The normalized spacial score (nSPS) is 14.7. The van der Waals surface area contributed by atoms with Crippen LogP contribution < -0.4 is 10.1 Å². The Balaban J connectivity index is 1.49. The minimum absolute atomic E-state index is 0.0403. The molecule has 6 nitrogen and oxygen atoms in total. The second kappa shape index (κ2) is 7.95. The smallest absolute Gasteiger partial charge is 0.227 e. The summed E-state index contributed by atoms with van der Waals surface area (Å²) in [5.41, 5.74) is 1.01. The average Bonchev–Trinajstić information content (AvgIpc) is 3.24. The third-order valence-corrected chi connectivity index (χ3v) is 4.18. The molecular weight excluding hydrogens is 306 g/mol. The molecule has 128 valence electrons. The van der Waals surface area contributed by atoms with Crippen molar-refractivity contribution in [1.82, 2.24) is 15.5 Å². The molecule has 0 saturated heterocycles. The molecule has 1 aliphatic carbocycles. The minimum Gasteiger partial charge on any atom is -0.490 e. The van der Waals surface area contributed by atoms with E-state index in [1.807, 2.05) is 24.3 Å². The van der Waals surface area contributed by atoms with Crippen molar-refractivity contribution in [2.24, 2.45) is 0 Å². The first-order chi connectivity index (χ1) is 11.7. The molecule has 0 bridgehead atoms. The van der Waals surface area contributed by atoms with Crippen LogP contribution in [0.25, 0.3) is 0 Å². The van der Waals surface area contributed by atoms with E-state index in [0.29, 0.717) is 37.2 Å². The highest BCUT2D eigenvalue weighted by molar-refractivity contribution is 5.76. The molecule has 2 aromatic rings. The van der Waals surface area contributed by atoms with Gasteiger partial charge in [-0.05, 0) is 38.7 Å². The molecule has 1 heterocycles. The lowest BCUT2D eigenvalue weighted by Crippen LogP contribution is -2.24. The summed E-state index contributed by atoms with van der Waals surface area (Å²) in [6.45, 7) is 2.22. The topological polar surface area (TPSA) is 77.2 Å². The van der Waals surface area contributed by atoms with Crippen LogP contribution in [0.4, 0.5) is 0 Å². The molecule has 0 spiro atoms. The van der Waals surface area contributed by atoms with Gasteiger partial charge in [-0.1, -0.05) is 23.4 Å². The zero-order valence-electron chi connectivity index (χ0n) is 14.0. The Kier molecular flexibility index (Phi) is 5.46. The van der Waals surface area contributed by atoms with Crippen LogP contribution >= 0.6 is 0 Å². The van der Waals surface area contributed by atoms with Crippen molar-refractivity contribution in [2.45, 2.75) is 58.1 Å². The van der Waals surface area contributed by atoms with Crippen LogP contribution in [-0.2, 0) is 17.8 Å². The number of rotatable bonds is 7. The number of hydrogen-bond donors (Lipinski definition) is 1. The Bertz CT molecular complexity index is 678. The molecule has 0 aliphatic heterocycles. The first-order valence-corrected chi connectivity index (χ1v) is 8.51. The Morgan fingerprint density at radius 3 is 2.88 bits per heavy atom. The molecule has 0 radical (unpaired) electrons. The van der Waals surface area contributed by atoms with Crippen molar-refractivity contribution in [3.8, 4) is 5.75 Å². The van der Waals surface area contributed by atoms with Crippen molar-refractivity contribution < 1.29 is 14.1 Å². The standard InChI is InChI=1S/C18H23N3O3/c1-13-20-18(24-21-13)11-10-17(22)19-12-14-6-2-5-9-16(14)23-15-7-3-4-8-15/h2,5-6,9,15H,3-4,7-8,10-12H2,1H3,(H,19,22). The lowest BCUT2D eigenvalue weighted by atomic mass is 10.2. The Morgan fingerprint density at radius 2 is 2.12 bits per heavy atom. The number of carbonyl (C=O) groups is 1. The molecule has 1 amide bonds. The molecule has 0 unspecified atom stereocenters. The predicted octanol–water partition coefficient (Wildman–Crippen LogP) is 2.95. The van der Waals surface area contributed by atoms with Crippen LogP contribution in [0.1, 0.15) is 49.4 Å². The number of nitrogens with one attached hydrogen (secondary N) is 1. The first kappa shape index (κ1) is 16.5. The summed E-state index contributed by atoms with van der Waals surface area (Å²) in [7, 11) is 0. The molecule has 1 N–H and O–H groups in total. The molecule has 0 atom stereocenters. The monoisotopic (exact) mass is 329 g/mol. The predicted molar refractivity (Wildman–Crippen MR) is 88.5 cm³/mol. The molecule has 24 heavy (non-hydrogen) atoms. The average molecular weight is 329 g/mol. The second-order valence-corrected chi connectivity index (χ2v) is 6.14. The summed E-state index contributed by atoms with van der Waals surface area (Å²) in [6, 6.07) is 7.89. The Labute approximate surface area is 141 Å². The van der Waals surface area contributed by atoms with E-state index in [2.05, 4.69) is 15.5 Å². The van der Waals surface area contributed by atoms with E-state index in [1.54, 1.807) is 6.92 Å². The van der Waals surface area contributed by atoms with Gasteiger partial charge in [0, 0.05) is 24.9 Å². The summed E-state index contributed by atoms with van der Waals surface area (Å²) in [5.74, 6) is 1.91. The summed E-state index contributed by atoms with van der Waals surface area (Å²) in [4.78, 5) is 16.1. The van der Waals surface area contributed by atoms with Gasteiger partial charge in [-0.2, -0.15) is 4.98 Å². The van der Waals surface area contributed by atoms with E-state index >= 15 is 0 Å². The largest absolute Gasteiger partial charge is 0.490 e. The van der Waals surface area contributed by atoms with Gasteiger partial charge in [0.15, 0.2) is 5.82 Å². The number of ether oxygens (including phenoxy) is 1. The molecule has 1 aromatic carbocycles. The fourth-order valence-corrected chi connectivity index (χ4v) is 2.89. The summed E-state index contributed by atoms with van der Waals surface area (Å²) >= 11 is 0. The van der Waals surface area contributed by atoms with Gasteiger partial charge in [0.25, 0.3) is 0 Å². The van der Waals surface area contributed by atoms with E-state index < -0.39 is 0 Å². The number of benzene rings is 1. The zero-order chi connectivity index (χ0) is 16.8. The van der Waals surface area contributed by atoms with Crippen molar-refractivity contribution >= 4 is 5.91 Å². The van der Waals surface area contributed by atoms with Crippen molar-refractivity contribution in [3.63, 3.8) is 0 Å². The lowest BCUT2D eigenvalue weighted by Gasteiger charge is -2.16. The maximum Gasteiger partial charge on any atom is 0.227 e. The fourth-order valence-electron chi connectivity index (χ4n) is 2.89. The van der Waals surface area contributed by atoms with Crippen molar-refractivity contribution in [2.75, 3.05) is 0 Å².